The summed E-state index contributed by atoms with van der Waals surface area (Å²) in [5.41, 5.74) is 7.45. The van der Waals surface area contributed by atoms with E-state index in [0.717, 1.165) is 23.0 Å². The van der Waals surface area contributed by atoms with E-state index < -0.39 is 0 Å². The number of anilines is 1. The Labute approximate surface area is 104 Å². The maximum atomic E-state index is 5.39. The monoisotopic (exact) mass is 284 g/mol. The third-order valence-electron chi connectivity index (χ3n) is 1.74. The van der Waals surface area contributed by atoms with Crippen LogP contribution in [0.15, 0.2) is 30.3 Å². The number of hydrogen-bond donors (Lipinski definition) is 2. The molecule has 0 aliphatic rings. The Morgan fingerprint density at radius 3 is 3.00 bits per heavy atom. The van der Waals surface area contributed by atoms with Gasteiger partial charge in [0, 0.05) is 11.0 Å². The minimum Gasteiger partial charge on any atom is -0.376 e. The van der Waals surface area contributed by atoms with Gasteiger partial charge in [-0.3, -0.25) is 0 Å². The summed E-state index contributed by atoms with van der Waals surface area (Å²) < 4.78 is 0. The highest BCUT2D eigenvalue weighted by molar-refractivity contribution is 9.09. The van der Waals surface area contributed by atoms with Crippen molar-refractivity contribution < 1.29 is 0 Å². The van der Waals surface area contributed by atoms with E-state index in [2.05, 4.69) is 33.4 Å². The molecule has 1 aromatic rings. The molecule has 0 atom stereocenters. The Balaban J connectivity index is 2.69. The largest absolute Gasteiger partial charge is 0.376 e. The van der Waals surface area contributed by atoms with Crippen LogP contribution in [0.2, 0.25) is 0 Å². The maximum Gasteiger partial charge on any atom is 0.168 e. The molecule has 0 aliphatic carbocycles. The third kappa shape index (κ3) is 4.95. The van der Waals surface area contributed by atoms with Crippen molar-refractivity contribution in [1.82, 2.24) is 0 Å². The first kappa shape index (κ1) is 12.2. The number of nitrogens with two attached hydrogens (primary N) is 1. The van der Waals surface area contributed by atoms with Gasteiger partial charge < -0.3 is 11.1 Å². The Hall–Kier alpha value is -0.870. The van der Waals surface area contributed by atoms with Gasteiger partial charge in [0.15, 0.2) is 5.11 Å². The molecule has 1 aromatic carbocycles. The second-order valence-corrected chi connectivity index (χ2v) is 4.23. The molecule has 4 heteroatoms. The molecule has 0 radical (unpaired) electrons. The molecule has 0 saturated heterocycles. The van der Waals surface area contributed by atoms with Gasteiger partial charge in [-0.1, -0.05) is 40.2 Å². The van der Waals surface area contributed by atoms with E-state index in [0.29, 0.717) is 0 Å². The summed E-state index contributed by atoms with van der Waals surface area (Å²) in [5, 5.41) is 4.17. The lowest BCUT2D eigenvalue weighted by Gasteiger charge is -2.03. The molecule has 0 fully saturated rings. The number of rotatable bonds is 4. The Morgan fingerprint density at radius 2 is 2.33 bits per heavy atom. The fourth-order valence-electron chi connectivity index (χ4n) is 1.14. The molecule has 0 saturated carbocycles. The highest BCUT2D eigenvalue weighted by Crippen LogP contribution is 2.12. The van der Waals surface area contributed by atoms with Crippen molar-refractivity contribution in [3.63, 3.8) is 0 Å². The summed E-state index contributed by atoms with van der Waals surface area (Å²) in [5.74, 6) is 0. The smallest absolute Gasteiger partial charge is 0.168 e. The summed E-state index contributed by atoms with van der Waals surface area (Å²) in [6, 6.07) is 7.94. The van der Waals surface area contributed by atoms with Crippen LogP contribution in [0.5, 0.6) is 0 Å². The summed E-state index contributed by atoms with van der Waals surface area (Å²) in [6.45, 7) is 0. The zero-order valence-corrected chi connectivity index (χ0v) is 10.6. The van der Waals surface area contributed by atoms with E-state index in [9.17, 15) is 0 Å². The van der Waals surface area contributed by atoms with E-state index in [4.69, 9.17) is 18.0 Å². The molecule has 0 amide bonds. The minimum atomic E-state index is 0.289. The SMILES string of the molecule is NC(=S)Nc1cccc(C=CCCBr)c1. The van der Waals surface area contributed by atoms with Crippen LogP contribution in [-0.4, -0.2) is 10.4 Å². The van der Waals surface area contributed by atoms with Crippen molar-refractivity contribution in [1.29, 1.82) is 0 Å². The quantitative estimate of drug-likeness (QED) is 0.659. The van der Waals surface area contributed by atoms with Gasteiger partial charge in [-0.2, -0.15) is 0 Å². The molecular weight excluding hydrogens is 272 g/mol. The van der Waals surface area contributed by atoms with Gasteiger partial charge in [0.25, 0.3) is 0 Å². The van der Waals surface area contributed by atoms with Gasteiger partial charge in [-0.15, -0.1) is 0 Å². The van der Waals surface area contributed by atoms with Crippen LogP contribution in [-0.2, 0) is 0 Å². The van der Waals surface area contributed by atoms with E-state index >= 15 is 0 Å². The second kappa shape index (κ2) is 6.58. The summed E-state index contributed by atoms with van der Waals surface area (Å²) in [4.78, 5) is 0. The van der Waals surface area contributed by atoms with Gasteiger partial charge in [-0.25, -0.2) is 0 Å². The number of hydrogen-bond acceptors (Lipinski definition) is 1. The second-order valence-electron chi connectivity index (χ2n) is 2.99. The Kier molecular flexibility index (Phi) is 5.36. The molecule has 0 unspecified atom stereocenters. The lowest BCUT2D eigenvalue weighted by molar-refractivity contribution is 1.27. The van der Waals surface area contributed by atoms with Crippen molar-refractivity contribution in [3.8, 4) is 0 Å². The van der Waals surface area contributed by atoms with E-state index in [1.165, 1.54) is 0 Å². The molecule has 80 valence electrons. The van der Waals surface area contributed by atoms with Crippen LogP contribution in [0.25, 0.3) is 6.08 Å². The summed E-state index contributed by atoms with van der Waals surface area (Å²) in [7, 11) is 0. The van der Waals surface area contributed by atoms with Gasteiger partial charge >= 0.3 is 0 Å². The Bertz CT molecular complexity index is 363. The molecule has 15 heavy (non-hydrogen) atoms. The first-order valence-electron chi connectivity index (χ1n) is 4.61. The van der Waals surface area contributed by atoms with Crippen LogP contribution in [0.1, 0.15) is 12.0 Å². The Morgan fingerprint density at radius 1 is 1.53 bits per heavy atom. The zero-order valence-electron chi connectivity index (χ0n) is 8.24. The molecule has 2 nitrogen and oxygen atoms in total. The zero-order chi connectivity index (χ0) is 11.1. The molecule has 0 aliphatic heterocycles. The number of allylic oxidation sites excluding steroid dienone is 1. The predicted octanol–water partition coefficient (Wildman–Crippen LogP) is 3.14. The predicted molar refractivity (Wildman–Crippen MR) is 74.3 cm³/mol. The van der Waals surface area contributed by atoms with E-state index in [1.54, 1.807) is 0 Å². The average molecular weight is 285 g/mol. The lowest BCUT2D eigenvalue weighted by atomic mass is 10.2. The van der Waals surface area contributed by atoms with Crippen LogP contribution in [0.3, 0.4) is 0 Å². The normalized spacial score (nSPS) is 10.5. The van der Waals surface area contributed by atoms with Crippen molar-refractivity contribution in [2.75, 3.05) is 10.6 Å². The minimum absolute atomic E-state index is 0.289. The van der Waals surface area contributed by atoms with Crippen molar-refractivity contribution in [2.45, 2.75) is 6.42 Å². The molecule has 0 spiro atoms. The van der Waals surface area contributed by atoms with Crippen molar-refractivity contribution in [3.05, 3.63) is 35.9 Å². The van der Waals surface area contributed by atoms with E-state index in [-0.39, 0.29) is 5.11 Å². The van der Waals surface area contributed by atoms with Crippen LogP contribution in [0, 0.1) is 0 Å². The summed E-state index contributed by atoms with van der Waals surface area (Å²) >= 11 is 8.14. The van der Waals surface area contributed by atoms with Gasteiger partial charge in [0.1, 0.15) is 0 Å². The topological polar surface area (TPSA) is 38.0 Å². The van der Waals surface area contributed by atoms with Gasteiger partial charge in [-0.05, 0) is 36.3 Å². The average Bonchev–Trinajstić information content (AvgIpc) is 2.18. The standard InChI is InChI=1S/C11H13BrN2S/c12-7-2-1-4-9-5-3-6-10(8-9)14-11(13)15/h1,3-6,8H,2,7H2,(H3,13,14,15). The molecule has 0 aromatic heterocycles. The maximum absolute atomic E-state index is 5.39. The molecule has 0 heterocycles. The van der Waals surface area contributed by atoms with Crippen LogP contribution < -0.4 is 11.1 Å². The fourth-order valence-corrected chi connectivity index (χ4v) is 1.53. The highest BCUT2D eigenvalue weighted by Gasteiger charge is 1.93. The van der Waals surface area contributed by atoms with Crippen molar-refractivity contribution >= 4 is 45.0 Å². The number of thiocarbonyl (C=S) groups is 1. The van der Waals surface area contributed by atoms with E-state index in [1.807, 2.05) is 24.3 Å². The molecule has 3 N–H and O–H groups in total. The first-order valence-corrected chi connectivity index (χ1v) is 6.14. The number of benzene rings is 1. The van der Waals surface area contributed by atoms with Crippen molar-refractivity contribution in [2.24, 2.45) is 5.73 Å². The first-order chi connectivity index (χ1) is 7.22. The lowest BCUT2D eigenvalue weighted by Crippen LogP contribution is -2.18. The van der Waals surface area contributed by atoms with Gasteiger partial charge in [0.2, 0.25) is 0 Å². The number of alkyl halides is 1. The number of halogens is 1. The third-order valence-corrected chi connectivity index (χ3v) is 2.30. The summed E-state index contributed by atoms with van der Waals surface area (Å²) in [6.07, 6.45) is 5.22. The van der Waals surface area contributed by atoms with Gasteiger partial charge in [0.05, 0.1) is 0 Å². The molecule has 0 bridgehead atoms. The number of nitrogens with one attached hydrogen (secondary N) is 1. The van der Waals surface area contributed by atoms with Crippen LogP contribution in [0.4, 0.5) is 5.69 Å². The molecular formula is C11H13BrN2S. The molecule has 1 rings (SSSR count). The highest BCUT2D eigenvalue weighted by atomic mass is 79.9. The fraction of sp³-hybridized carbons (Fsp3) is 0.182. The van der Waals surface area contributed by atoms with Crippen LogP contribution >= 0.6 is 28.1 Å².